The second-order valence-electron chi connectivity index (χ2n) is 5.21. The van der Waals surface area contributed by atoms with E-state index in [9.17, 15) is 14.4 Å². The number of rotatable bonds is 3. The van der Waals surface area contributed by atoms with E-state index in [-0.39, 0.29) is 28.1 Å². The number of methoxy groups -OCH3 is 1. The Hall–Kier alpha value is -4.02. The number of benzene rings is 1. The third-order valence-electron chi connectivity index (χ3n) is 3.71. The Kier molecular flexibility index (Phi) is 3.46. The number of para-hydroxylation sites is 1. The summed E-state index contributed by atoms with van der Waals surface area (Å²) in [5.41, 5.74) is -1.45. The van der Waals surface area contributed by atoms with Crippen molar-refractivity contribution in [2.75, 3.05) is 12.4 Å². The topological polar surface area (TPSA) is 156 Å². The number of aromatic amines is 2. The standard InChI is InChI=1S/C15H10N6O5/c1-25-9-4-2-3-6-10-8(22)5-7(13(23)17-15-18-20-21-19-15)16-11(10)14(24)26-12(6)9/h2-5H,1H3,(H,16,22)(H2,17,18,19,20,21,23). The molecular formula is C15H10N6O5. The fourth-order valence-electron chi connectivity index (χ4n) is 2.61. The Morgan fingerprint density at radius 3 is 2.88 bits per heavy atom. The molecule has 0 radical (unpaired) electrons. The number of H-pyrrole nitrogens is 2. The highest BCUT2D eigenvalue weighted by atomic mass is 16.5. The predicted molar refractivity (Wildman–Crippen MR) is 89.3 cm³/mol. The number of tetrazole rings is 1. The maximum absolute atomic E-state index is 12.6. The number of pyridine rings is 1. The molecule has 1 amide bonds. The summed E-state index contributed by atoms with van der Waals surface area (Å²) in [6.45, 7) is 0. The fraction of sp³-hybridized carbons (Fsp3) is 0.0667. The number of carbonyl (C=O) groups is 1. The summed E-state index contributed by atoms with van der Waals surface area (Å²) < 4.78 is 10.4. The molecule has 4 rings (SSSR count). The van der Waals surface area contributed by atoms with Gasteiger partial charge in [-0.25, -0.2) is 4.79 Å². The number of hydrogen-bond donors (Lipinski definition) is 3. The van der Waals surface area contributed by atoms with Crippen molar-refractivity contribution in [3.63, 3.8) is 0 Å². The van der Waals surface area contributed by atoms with Gasteiger partial charge in [-0.05, 0) is 11.3 Å². The van der Waals surface area contributed by atoms with E-state index in [1.54, 1.807) is 18.2 Å². The highest BCUT2D eigenvalue weighted by Crippen LogP contribution is 2.27. The van der Waals surface area contributed by atoms with Crippen molar-refractivity contribution in [1.29, 1.82) is 0 Å². The van der Waals surface area contributed by atoms with Gasteiger partial charge in [-0.15, -0.1) is 5.10 Å². The van der Waals surface area contributed by atoms with Gasteiger partial charge in [0.2, 0.25) is 0 Å². The first-order valence-electron chi connectivity index (χ1n) is 7.30. The maximum atomic E-state index is 12.6. The average molecular weight is 354 g/mol. The summed E-state index contributed by atoms with van der Waals surface area (Å²) in [6.07, 6.45) is 0. The van der Waals surface area contributed by atoms with Crippen LogP contribution in [0.25, 0.3) is 21.9 Å². The lowest BCUT2D eigenvalue weighted by molar-refractivity contribution is 0.102. The zero-order chi connectivity index (χ0) is 18.3. The first-order valence-corrected chi connectivity index (χ1v) is 7.30. The molecule has 0 spiro atoms. The van der Waals surface area contributed by atoms with Gasteiger partial charge >= 0.3 is 5.63 Å². The molecule has 26 heavy (non-hydrogen) atoms. The van der Waals surface area contributed by atoms with Crippen LogP contribution in [0.2, 0.25) is 0 Å². The van der Waals surface area contributed by atoms with E-state index < -0.39 is 17.0 Å². The third kappa shape index (κ3) is 2.38. The van der Waals surface area contributed by atoms with E-state index in [0.717, 1.165) is 6.07 Å². The Morgan fingerprint density at radius 2 is 2.15 bits per heavy atom. The molecule has 3 N–H and O–H groups in total. The number of fused-ring (bicyclic) bond motifs is 3. The van der Waals surface area contributed by atoms with Crippen molar-refractivity contribution in [2.45, 2.75) is 0 Å². The number of nitrogens with zero attached hydrogens (tertiary/aromatic N) is 3. The summed E-state index contributed by atoms with van der Waals surface area (Å²) in [4.78, 5) is 39.8. The molecule has 1 aromatic carbocycles. The summed E-state index contributed by atoms with van der Waals surface area (Å²) in [5.74, 6) is -0.471. The van der Waals surface area contributed by atoms with E-state index >= 15 is 0 Å². The van der Waals surface area contributed by atoms with Crippen LogP contribution < -0.4 is 21.1 Å². The molecular weight excluding hydrogens is 344 g/mol. The van der Waals surface area contributed by atoms with Gasteiger partial charge in [-0.3, -0.25) is 14.9 Å². The highest BCUT2D eigenvalue weighted by molar-refractivity contribution is 6.07. The normalized spacial score (nSPS) is 11.0. The number of hydrogen-bond acceptors (Lipinski definition) is 8. The van der Waals surface area contributed by atoms with Crippen molar-refractivity contribution >= 4 is 33.7 Å². The number of aromatic nitrogens is 5. The summed E-state index contributed by atoms with van der Waals surface area (Å²) in [7, 11) is 1.43. The van der Waals surface area contributed by atoms with Gasteiger partial charge in [0.05, 0.1) is 12.5 Å². The van der Waals surface area contributed by atoms with Crippen LogP contribution in [0.3, 0.4) is 0 Å². The minimum Gasteiger partial charge on any atom is -0.493 e. The van der Waals surface area contributed by atoms with Gasteiger partial charge in [-0.2, -0.15) is 5.21 Å². The van der Waals surface area contributed by atoms with Crippen LogP contribution in [0.5, 0.6) is 5.75 Å². The van der Waals surface area contributed by atoms with Gasteiger partial charge < -0.3 is 14.1 Å². The summed E-state index contributed by atoms with van der Waals surface area (Å²) >= 11 is 0. The SMILES string of the molecule is COc1cccc2c1oc(=O)c1[nH]c(C(=O)Nc3nn[nH]n3)cc(=O)c12. The van der Waals surface area contributed by atoms with Crippen molar-refractivity contribution in [2.24, 2.45) is 0 Å². The highest BCUT2D eigenvalue weighted by Gasteiger charge is 2.18. The largest absolute Gasteiger partial charge is 0.493 e. The van der Waals surface area contributed by atoms with E-state index in [2.05, 4.69) is 30.9 Å². The molecule has 0 aliphatic rings. The summed E-state index contributed by atoms with van der Waals surface area (Å²) in [5, 5.41) is 15.5. The Labute approximate surface area is 143 Å². The van der Waals surface area contributed by atoms with Crippen LogP contribution in [0.15, 0.2) is 38.3 Å². The lowest BCUT2D eigenvalue weighted by Gasteiger charge is -2.07. The van der Waals surface area contributed by atoms with Gasteiger partial charge in [0.15, 0.2) is 16.8 Å². The van der Waals surface area contributed by atoms with Crippen LogP contribution >= 0.6 is 0 Å². The van der Waals surface area contributed by atoms with Gasteiger partial charge in [-0.1, -0.05) is 17.2 Å². The van der Waals surface area contributed by atoms with Crippen LogP contribution in [0.4, 0.5) is 5.95 Å². The molecule has 0 aliphatic heterocycles. The molecule has 0 fully saturated rings. The quantitative estimate of drug-likeness (QED) is 0.353. The predicted octanol–water partition coefficient (Wildman–Crippen LogP) is 0.408. The smallest absolute Gasteiger partial charge is 0.361 e. The monoisotopic (exact) mass is 354 g/mol. The fourth-order valence-corrected chi connectivity index (χ4v) is 2.61. The average Bonchev–Trinajstić information content (AvgIpc) is 3.14. The van der Waals surface area contributed by atoms with E-state index in [0.29, 0.717) is 11.1 Å². The van der Waals surface area contributed by atoms with Gasteiger partial charge in [0.1, 0.15) is 11.2 Å². The molecule has 0 unspecified atom stereocenters. The molecule has 4 aromatic rings. The molecule has 0 atom stereocenters. The lowest BCUT2D eigenvalue weighted by Crippen LogP contribution is -2.20. The first kappa shape index (κ1) is 15.5. The molecule has 130 valence electrons. The number of nitrogens with one attached hydrogen (secondary N) is 3. The minimum atomic E-state index is -0.802. The van der Waals surface area contributed by atoms with Gasteiger partial charge in [0, 0.05) is 11.5 Å². The van der Waals surface area contributed by atoms with E-state index in [1.807, 2.05) is 0 Å². The van der Waals surface area contributed by atoms with Crippen LogP contribution in [0, 0.1) is 0 Å². The molecule has 11 nitrogen and oxygen atoms in total. The second-order valence-corrected chi connectivity index (χ2v) is 5.21. The molecule has 3 aromatic heterocycles. The minimum absolute atomic E-state index is 0.0776. The van der Waals surface area contributed by atoms with Gasteiger partial charge in [0.25, 0.3) is 11.9 Å². The van der Waals surface area contributed by atoms with Crippen molar-refractivity contribution in [1.82, 2.24) is 25.6 Å². The van der Waals surface area contributed by atoms with Crippen LogP contribution in [-0.4, -0.2) is 38.6 Å². The number of anilines is 1. The van der Waals surface area contributed by atoms with Crippen molar-refractivity contribution in [3.05, 3.63) is 50.6 Å². The Bertz CT molecular complexity index is 1260. The van der Waals surface area contributed by atoms with E-state index in [4.69, 9.17) is 9.15 Å². The molecule has 0 aliphatic carbocycles. The molecule has 11 heteroatoms. The summed E-state index contributed by atoms with van der Waals surface area (Å²) in [6, 6.07) is 5.97. The van der Waals surface area contributed by atoms with Crippen molar-refractivity contribution < 1.29 is 13.9 Å². The van der Waals surface area contributed by atoms with Crippen molar-refractivity contribution in [3.8, 4) is 5.75 Å². The van der Waals surface area contributed by atoms with Crippen LogP contribution in [-0.2, 0) is 0 Å². The molecule has 0 bridgehead atoms. The van der Waals surface area contributed by atoms with Crippen LogP contribution in [0.1, 0.15) is 10.5 Å². The Morgan fingerprint density at radius 1 is 1.31 bits per heavy atom. The maximum Gasteiger partial charge on any atom is 0.361 e. The molecule has 0 saturated heterocycles. The Balaban J connectivity index is 1.94. The molecule has 0 saturated carbocycles. The zero-order valence-electron chi connectivity index (χ0n) is 13.2. The third-order valence-corrected chi connectivity index (χ3v) is 3.71. The lowest BCUT2D eigenvalue weighted by atomic mass is 10.1. The first-order chi connectivity index (χ1) is 12.6. The second kappa shape index (κ2) is 5.81. The van der Waals surface area contributed by atoms with E-state index in [1.165, 1.54) is 7.11 Å². The number of carbonyl (C=O) groups excluding carboxylic acids is 1. The zero-order valence-corrected chi connectivity index (χ0v) is 13.2. The molecule has 3 heterocycles. The number of amides is 1. The number of ether oxygens (including phenoxy) is 1.